The van der Waals surface area contributed by atoms with Gasteiger partial charge in [0, 0.05) is 12.1 Å². The molecule has 0 saturated carbocycles. The molecule has 0 bridgehead atoms. The molecule has 0 aliphatic rings. The largest absolute Gasteiger partial charge is 0.352 e. The van der Waals surface area contributed by atoms with Crippen molar-refractivity contribution in [1.82, 2.24) is 4.98 Å². The zero-order valence-electron chi connectivity index (χ0n) is 11.6. The van der Waals surface area contributed by atoms with Gasteiger partial charge < -0.3 is 10.3 Å². The molecule has 0 spiro atoms. The first kappa shape index (κ1) is 16.2. The van der Waals surface area contributed by atoms with E-state index in [1.54, 1.807) is 6.07 Å². The monoisotopic (exact) mass is 344 g/mol. The number of hydrazine groups is 1. The van der Waals surface area contributed by atoms with Gasteiger partial charge in [-0.3, -0.25) is 0 Å². The minimum atomic E-state index is 0.0547. The lowest BCUT2D eigenvalue weighted by molar-refractivity contribution is 0.729. The molecular weight excluding hydrogens is 331 g/mol. The number of aromatic nitrogens is 1. The second-order valence-electron chi connectivity index (χ2n) is 4.61. The molecule has 2 rings (SSSR count). The van der Waals surface area contributed by atoms with Gasteiger partial charge in [0.1, 0.15) is 5.82 Å². The smallest absolute Gasteiger partial charge is 0.161 e. The Kier molecular flexibility index (Phi) is 5.17. The first-order valence-corrected chi connectivity index (χ1v) is 7.38. The second-order valence-corrected chi connectivity index (χ2v) is 5.86. The van der Waals surface area contributed by atoms with Gasteiger partial charge in [-0.25, -0.2) is 10.8 Å². The summed E-state index contributed by atoms with van der Waals surface area (Å²) in [5, 5.41) is 1.53. The fourth-order valence-corrected chi connectivity index (χ4v) is 2.63. The fraction of sp³-hybridized carbons (Fsp3) is 0.214. The average Bonchev–Trinajstić information content (AvgIpc) is 2.47. The summed E-state index contributed by atoms with van der Waals surface area (Å²) >= 11 is 18.1. The first-order valence-electron chi connectivity index (χ1n) is 6.25. The van der Waals surface area contributed by atoms with Crippen molar-refractivity contribution in [3.8, 4) is 0 Å². The summed E-state index contributed by atoms with van der Waals surface area (Å²) < 4.78 is 0. The van der Waals surface area contributed by atoms with Crippen molar-refractivity contribution in [2.45, 2.75) is 13.0 Å². The van der Waals surface area contributed by atoms with E-state index in [0.717, 1.165) is 5.56 Å². The van der Waals surface area contributed by atoms with E-state index in [-0.39, 0.29) is 6.04 Å². The van der Waals surface area contributed by atoms with Crippen LogP contribution in [-0.4, -0.2) is 12.0 Å². The first-order chi connectivity index (χ1) is 9.93. The summed E-state index contributed by atoms with van der Waals surface area (Å²) in [4.78, 5) is 6.30. The highest BCUT2D eigenvalue weighted by molar-refractivity contribution is 6.37. The highest BCUT2D eigenvalue weighted by Crippen LogP contribution is 2.34. The van der Waals surface area contributed by atoms with Crippen LogP contribution < -0.4 is 16.2 Å². The van der Waals surface area contributed by atoms with Crippen LogP contribution in [0.3, 0.4) is 0 Å². The van der Waals surface area contributed by atoms with Gasteiger partial charge in [-0.2, -0.15) is 0 Å². The van der Waals surface area contributed by atoms with Crippen LogP contribution in [-0.2, 0) is 0 Å². The standard InChI is InChI=1S/C14H15Cl3N4/c1-8(9-3-5-10(15)6-4-9)21(2)14-12(17)7-11(16)13(19-14)20-18/h3-8H,18H2,1-2H3,(H,19,20). The summed E-state index contributed by atoms with van der Waals surface area (Å²) in [5.41, 5.74) is 3.55. The summed E-state index contributed by atoms with van der Waals surface area (Å²) in [6.07, 6.45) is 0. The Morgan fingerprint density at radius 1 is 1.14 bits per heavy atom. The van der Waals surface area contributed by atoms with Crippen LogP contribution in [0.25, 0.3) is 0 Å². The fourth-order valence-electron chi connectivity index (χ4n) is 1.95. The molecule has 0 aliphatic carbocycles. The Labute approximate surface area is 138 Å². The van der Waals surface area contributed by atoms with E-state index in [9.17, 15) is 0 Å². The zero-order valence-corrected chi connectivity index (χ0v) is 13.8. The van der Waals surface area contributed by atoms with Gasteiger partial charge in [0.2, 0.25) is 0 Å². The van der Waals surface area contributed by atoms with Crippen molar-refractivity contribution >= 4 is 46.4 Å². The Hall–Kier alpha value is -1.20. The number of nitrogen functional groups attached to an aromatic ring is 1. The van der Waals surface area contributed by atoms with Gasteiger partial charge in [0.15, 0.2) is 5.82 Å². The molecule has 1 aromatic heterocycles. The number of anilines is 2. The molecule has 1 atom stereocenters. The topological polar surface area (TPSA) is 54.2 Å². The number of benzene rings is 1. The van der Waals surface area contributed by atoms with Crippen molar-refractivity contribution in [2.24, 2.45) is 5.84 Å². The SMILES string of the molecule is CC(c1ccc(Cl)cc1)N(C)c1nc(NN)c(Cl)cc1Cl. The molecule has 1 heterocycles. The van der Waals surface area contributed by atoms with Crippen LogP contribution in [0.15, 0.2) is 30.3 Å². The highest BCUT2D eigenvalue weighted by atomic mass is 35.5. The van der Waals surface area contributed by atoms with Crippen molar-refractivity contribution in [3.63, 3.8) is 0 Å². The van der Waals surface area contributed by atoms with Gasteiger partial charge in [0.05, 0.1) is 16.1 Å². The molecule has 112 valence electrons. The van der Waals surface area contributed by atoms with Crippen molar-refractivity contribution in [1.29, 1.82) is 0 Å². The van der Waals surface area contributed by atoms with E-state index in [1.807, 2.05) is 43.1 Å². The maximum Gasteiger partial charge on any atom is 0.161 e. The third-order valence-corrected chi connectivity index (χ3v) is 4.13. The highest BCUT2D eigenvalue weighted by Gasteiger charge is 2.18. The molecule has 4 nitrogen and oxygen atoms in total. The van der Waals surface area contributed by atoms with Crippen molar-refractivity contribution in [2.75, 3.05) is 17.4 Å². The number of pyridine rings is 1. The summed E-state index contributed by atoms with van der Waals surface area (Å²) in [6, 6.07) is 9.31. The molecule has 0 saturated heterocycles. The Bertz CT molecular complexity index is 631. The van der Waals surface area contributed by atoms with E-state index in [1.165, 1.54) is 0 Å². The van der Waals surface area contributed by atoms with Gasteiger partial charge >= 0.3 is 0 Å². The quantitative estimate of drug-likeness (QED) is 0.631. The molecule has 0 aliphatic heterocycles. The van der Waals surface area contributed by atoms with Gasteiger partial charge in [-0.05, 0) is 30.7 Å². The number of halogens is 3. The summed E-state index contributed by atoms with van der Waals surface area (Å²) in [5.74, 6) is 6.38. The minimum absolute atomic E-state index is 0.0547. The molecule has 0 fully saturated rings. The number of nitrogens with zero attached hydrogens (tertiary/aromatic N) is 2. The van der Waals surface area contributed by atoms with E-state index in [2.05, 4.69) is 10.4 Å². The lowest BCUT2D eigenvalue weighted by Gasteiger charge is -2.27. The molecule has 2 aromatic rings. The second kappa shape index (κ2) is 6.71. The predicted molar refractivity (Wildman–Crippen MR) is 90.3 cm³/mol. The lowest BCUT2D eigenvalue weighted by Crippen LogP contribution is -2.23. The maximum atomic E-state index is 6.23. The van der Waals surface area contributed by atoms with Crippen LogP contribution in [0.1, 0.15) is 18.5 Å². The van der Waals surface area contributed by atoms with Crippen LogP contribution in [0.2, 0.25) is 15.1 Å². The summed E-state index contributed by atoms with van der Waals surface area (Å²) in [6.45, 7) is 2.05. The molecule has 7 heteroatoms. The molecule has 0 radical (unpaired) electrons. The predicted octanol–water partition coefficient (Wildman–Crippen LogP) is 4.52. The molecule has 1 unspecified atom stereocenters. The van der Waals surface area contributed by atoms with Gasteiger partial charge in [-0.1, -0.05) is 46.9 Å². The van der Waals surface area contributed by atoms with Crippen LogP contribution in [0.4, 0.5) is 11.6 Å². The minimum Gasteiger partial charge on any atom is -0.352 e. The lowest BCUT2D eigenvalue weighted by atomic mass is 10.1. The number of hydrogen-bond donors (Lipinski definition) is 2. The Morgan fingerprint density at radius 2 is 1.76 bits per heavy atom. The zero-order chi connectivity index (χ0) is 15.6. The molecule has 1 aromatic carbocycles. The summed E-state index contributed by atoms with van der Waals surface area (Å²) in [7, 11) is 1.90. The molecule has 3 N–H and O–H groups in total. The average molecular weight is 346 g/mol. The van der Waals surface area contributed by atoms with E-state index in [4.69, 9.17) is 40.6 Å². The Balaban J connectivity index is 2.34. The molecule has 0 amide bonds. The third kappa shape index (κ3) is 3.52. The van der Waals surface area contributed by atoms with Crippen molar-refractivity contribution < 1.29 is 0 Å². The number of nitrogens with two attached hydrogens (primary N) is 1. The van der Waals surface area contributed by atoms with Crippen molar-refractivity contribution in [3.05, 3.63) is 51.0 Å². The third-order valence-electron chi connectivity index (χ3n) is 3.32. The number of rotatable bonds is 4. The van der Waals surface area contributed by atoms with Crippen LogP contribution in [0.5, 0.6) is 0 Å². The van der Waals surface area contributed by atoms with E-state index in [0.29, 0.717) is 26.7 Å². The number of nitrogens with one attached hydrogen (secondary N) is 1. The van der Waals surface area contributed by atoms with E-state index >= 15 is 0 Å². The van der Waals surface area contributed by atoms with Crippen LogP contribution in [0, 0.1) is 0 Å². The van der Waals surface area contributed by atoms with E-state index < -0.39 is 0 Å². The van der Waals surface area contributed by atoms with Crippen LogP contribution >= 0.6 is 34.8 Å². The molecule has 21 heavy (non-hydrogen) atoms. The maximum absolute atomic E-state index is 6.23. The number of hydrogen-bond acceptors (Lipinski definition) is 4. The molecular formula is C14H15Cl3N4. The normalized spacial score (nSPS) is 12.1. The van der Waals surface area contributed by atoms with Gasteiger partial charge in [-0.15, -0.1) is 0 Å². The van der Waals surface area contributed by atoms with Gasteiger partial charge in [0.25, 0.3) is 0 Å². The Morgan fingerprint density at radius 3 is 2.33 bits per heavy atom.